The van der Waals surface area contributed by atoms with Crippen LogP contribution >= 0.6 is 27.3 Å². The first kappa shape index (κ1) is 13.2. The van der Waals surface area contributed by atoms with Gasteiger partial charge in [0.15, 0.2) is 0 Å². The summed E-state index contributed by atoms with van der Waals surface area (Å²) in [5, 5.41) is 2.97. The summed E-state index contributed by atoms with van der Waals surface area (Å²) in [5.74, 6) is 0.378. The van der Waals surface area contributed by atoms with Crippen molar-refractivity contribution < 1.29 is 0 Å². The molecule has 2 heterocycles. The maximum atomic E-state index is 11.6. The van der Waals surface area contributed by atoms with Crippen molar-refractivity contribution in [2.45, 2.75) is 26.3 Å². The fourth-order valence-corrected chi connectivity index (χ4v) is 2.61. The zero-order valence-corrected chi connectivity index (χ0v) is 12.3. The molecule has 0 saturated carbocycles. The van der Waals surface area contributed by atoms with Crippen LogP contribution in [0.25, 0.3) is 0 Å². The Kier molecular flexibility index (Phi) is 3.82. The molecule has 0 aromatic carbocycles. The molecule has 18 heavy (non-hydrogen) atoms. The van der Waals surface area contributed by atoms with Crippen LogP contribution in [-0.2, 0) is 6.54 Å². The predicted molar refractivity (Wildman–Crippen MR) is 74.3 cm³/mol. The second kappa shape index (κ2) is 5.19. The molecule has 1 N–H and O–H groups in total. The van der Waals surface area contributed by atoms with Crippen molar-refractivity contribution in [2.24, 2.45) is 0 Å². The first-order valence-corrected chi connectivity index (χ1v) is 7.08. The fraction of sp³-hybridized carbons (Fsp3) is 0.364. The molecule has 0 atom stereocenters. The third kappa shape index (κ3) is 2.78. The third-order valence-corrected chi connectivity index (χ3v) is 4.12. The zero-order valence-electron chi connectivity index (χ0n) is 9.94. The molecule has 96 valence electrons. The molecule has 2 rings (SSSR count). The second-order valence-electron chi connectivity index (χ2n) is 4.20. The van der Waals surface area contributed by atoms with Crippen LogP contribution in [0.4, 0.5) is 0 Å². The Hall–Kier alpha value is -1.21. The van der Waals surface area contributed by atoms with Gasteiger partial charge < -0.3 is 0 Å². The molecule has 0 aliphatic heterocycles. The minimum absolute atomic E-state index is 0.335. The van der Waals surface area contributed by atoms with E-state index < -0.39 is 11.2 Å². The number of aromatic amines is 1. The topological polar surface area (TPSA) is 67.8 Å². The number of hydrogen-bond donors (Lipinski definition) is 1. The fourth-order valence-electron chi connectivity index (χ4n) is 1.44. The molecule has 0 fully saturated rings. The van der Waals surface area contributed by atoms with E-state index in [0.29, 0.717) is 16.9 Å². The SMILES string of the molecule is CC(C)c1nc(Cn2cc(Br)c(=O)[nH]c2=O)cs1. The van der Waals surface area contributed by atoms with Crippen molar-refractivity contribution >= 4 is 27.3 Å². The number of rotatable bonds is 3. The number of aromatic nitrogens is 3. The number of H-pyrrole nitrogens is 1. The molecular weight excluding hydrogens is 318 g/mol. The summed E-state index contributed by atoms with van der Waals surface area (Å²) in [6, 6.07) is 0. The smallest absolute Gasteiger partial charge is 0.293 e. The lowest BCUT2D eigenvalue weighted by molar-refractivity contribution is 0.698. The predicted octanol–water partition coefficient (Wildman–Crippen LogP) is 1.93. The van der Waals surface area contributed by atoms with E-state index in [1.807, 2.05) is 5.38 Å². The lowest BCUT2D eigenvalue weighted by Crippen LogP contribution is -2.30. The van der Waals surface area contributed by atoms with Crippen LogP contribution in [0, 0.1) is 0 Å². The number of thiazole rings is 1. The number of halogens is 1. The molecule has 0 unspecified atom stereocenters. The molecule has 0 aliphatic carbocycles. The molecule has 0 spiro atoms. The minimum Gasteiger partial charge on any atom is -0.293 e. The normalized spacial score (nSPS) is 11.1. The molecule has 0 radical (unpaired) electrons. The average Bonchev–Trinajstić information content (AvgIpc) is 2.74. The summed E-state index contributed by atoms with van der Waals surface area (Å²) in [7, 11) is 0. The molecule has 0 bridgehead atoms. The van der Waals surface area contributed by atoms with E-state index in [4.69, 9.17) is 0 Å². The largest absolute Gasteiger partial charge is 0.328 e. The molecule has 0 aliphatic rings. The van der Waals surface area contributed by atoms with E-state index >= 15 is 0 Å². The highest BCUT2D eigenvalue weighted by molar-refractivity contribution is 9.10. The van der Waals surface area contributed by atoms with Crippen LogP contribution < -0.4 is 11.2 Å². The molecule has 7 heteroatoms. The summed E-state index contributed by atoms with van der Waals surface area (Å²) in [6.45, 7) is 4.51. The van der Waals surface area contributed by atoms with Crippen molar-refractivity contribution in [1.29, 1.82) is 0 Å². The Morgan fingerprint density at radius 3 is 2.83 bits per heavy atom. The lowest BCUT2D eigenvalue weighted by atomic mass is 10.2. The Labute approximate surface area is 116 Å². The van der Waals surface area contributed by atoms with Gasteiger partial charge in [0.1, 0.15) is 0 Å². The summed E-state index contributed by atoms with van der Waals surface area (Å²) >= 11 is 4.68. The van der Waals surface area contributed by atoms with Gasteiger partial charge in [0, 0.05) is 17.5 Å². The molecule has 0 saturated heterocycles. The van der Waals surface area contributed by atoms with Crippen molar-refractivity contribution in [3.8, 4) is 0 Å². The van der Waals surface area contributed by atoms with Gasteiger partial charge >= 0.3 is 5.69 Å². The van der Waals surface area contributed by atoms with E-state index in [1.54, 1.807) is 11.3 Å². The molecule has 5 nitrogen and oxygen atoms in total. The Bertz CT molecular complexity index is 671. The van der Waals surface area contributed by atoms with Gasteiger partial charge in [0.2, 0.25) is 0 Å². The van der Waals surface area contributed by atoms with Gasteiger partial charge in [-0.25, -0.2) is 9.78 Å². The summed E-state index contributed by atoms with van der Waals surface area (Å²) in [5.41, 5.74) is -0.0237. The van der Waals surface area contributed by atoms with E-state index in [0.717, 1.165) is 10.7 Å². The van der Waals surface area contributed by atoms with Crippen molar-refractivity contribution in [3.05, 3.63) is 47.6 Å². The second-order valence-corrected chi connectivity index (χ2v) is 5.94. The van der Waals surface area contributed by atoms with Crippen molar-refractivity contribution in [3.63, 3.8) is 0 Å². The zero-order chi connectivity index (χ0) is 13.3. The summed E-state index contributed by atoms with van der Waals surface area (Å²) < 4.78 is 1.76. The lowest BCUT2D eigenvalue weighted by Gasteiger charge is -2.03. The highest BCUT2D eigenvalue weighted by Crippen LogP contribution is 2.19. The average molecular weight is 330 g/mol. The van der Waals surface area contributed by atoms with Crippen LogP contribution in [0.15, 0.2) is 25.6 Å². The highest BCUT2D eigenvalue weighted by Gasteiger charge is 2.08. The molecule has 2 aromatic rings. The first-order valence-electron chi connectivity index (χ1n) is 5.41. The molecule has 2 aromatic heterocycles. The summed E-state index contributed by atoms with van der Waals surface area (Å²) in [4.78, 5) is 29.5. The molecule has 0 amide bonds. The monoisotopic (exact) mass is 329 g/mol. The van der Waals surface area contributed by atoms with Crippen LogP contribution in [-0.4, -0.2) is 14.5 Å². The standard InChI is InChI=1S/C11H12BrN3O2S/c1-6(2)10-13-7(5-18-10)3-15-4-8(12)9(16)14-11(15)17/h4-6H,3H2,1-2H3,(H,14,16,17). The van der Waals surface area contributed by atoms with Crippen LogP contribution in [0.2, 0.25) is 0 Å². The Morgan fingerprint density at radius 2 is 2.22 bits per heavy atom. The number of nitrogens with one attached hydrogen (secondary N) is 1. The van der Waals surface area contributed by atoms with E-state index in [9.17, 15) is 9.59 Å². The quantitative estimate of drug-likeness (QED) is 0.935. The number of hydrogen-bond acceptors (Lipinski definition) is 4. The minimum atomic E-state index is -0.428. The van der Waals surface area contributed by atoms with Crippen LogP contribution in [0.1, 0.15) is 30.5 Å². The summed E-state index contributed by atoms with van der Waals surface area (Å²) in [6.07, 6.45) is 1.48. The van der Waals surface area contributed by atoms with E-state index in [-0.39, 0.29) is 0 Å². The van der Waals surface area contributed by atoms with Gasteiger partial charge in [-0.3, -0.25) is 14.3 Å². The number of nitrogens with zero attached hydrogens (tertiary/aromatic N) is 2. The van der Waals surface area contributed by atoms with Crippen molar-refractivity contribution in [1.82, 2.24) is 14.5 Å². The van der Waals surface area contributed by atoms with Gasteiger partial charge in [0.05, 0.1) is 21.7 Å². The van der Waals surface area contributed by atoms with Gasteiger partial charge in [-0.1, -0.05) is 13.8 Å². The highest BCUT2D eigenvalue weighted by atomic mass is 79.9. The van der Waals surface area contributed by atoms with Crippen LogP contribution in [0.3, 0.4) is 0 Å². The maximum absolute atomic E-state index is 11.6. The first-order chi connectivity index (χ1) is 8.47. The Balaban J connectivity index is 2.31. The third-order valence-electron chi connectivity index (χ3n) is 2.36. The van der Waals surface area contributed by atoms with Crippen molar-refractivity contribution in [2.75, 3.05) is 0 Å². The molecular formula is C11H12BrN3O2S. The van der Waals surface area contributed by atoms with Crippen LogP contribution in [0.5, 0.6) is 0 Å². The van der Waals surface area contributed by atoms with E-state index in [1.165, 1.54) is 10.8 Å². The maximum Gasteiger partial charge on any atom is 0.328 e. The van der Waals surface area contributed by atoms with Gasteiger partial charge in [-0.15, -0.1) is 11.3 Å². The Morgan fingerprint density at radius 1 is 1.50 bits per heavy atom. The van der Waals surface area contributed by atoms with Gasteiger partial charge in [-0.05, 0) is 15.9 Å². The van der Waals surface area contributed by atoms with Gasteiger partial charge in [-0.2, -0.15) is 0 Å². The van der Waals surface area contributed by atoms with Gasteiger partial charge in [0.25, 0.3) is 5.56 Å². The van der Waals surface area contributed by atoms with E-state index in [2.05, 4.69) is 39.7 Å².